The van der Waals surface area contributed by atoms with Crippen LogP contribution in [0.15, 0.2) is 115 Å². The van der Waals surface area contributed by atoms with E-state index in [1.54, 1.807) is 0 Å². The molecule has 0 heteroatoms. The molecule has 0 saturated heterocycles. The van der Waals surface area contributed by atoms with Gasteiger partial charge in [-0.1, -0.05) is 134 Å². The van der Waals surface area contributed by atoms with Crippen LogP contribution in [0.4, 0.5) is 0 Å². The van der Waals surface area contributed by atoms with Crippen LogP contribution in [0.3, 0.4) is 0 Å². The minimum Gasteiger partial charge on any atom is -0.0917 e. The normalized spacial score (nSPS) is 12.4. The predicted octanol–water partition coefficient (Wildman–Crippen LogP) is 9.38. The Labute approximate surface area is 205 Å². The Morgan fingerprint density at radius 2 is 1.15 bits per heavy atom. The zero-order chi connectivity index (χ0) is 23.6. The van der Waals surface area contributed by atoms with Gasteiger partial charge in [-0.05, 0) is 71.0 Å². The summed E-state index contributed by atoms with van der Waals surface area (Å²) in [5, 5.41) is 0. The zero-order valence-electron chi connectivity index (χ0n) is 20.3. The van der Waals surface area contributed by atoms with Gasteiger partial charge in [0.2, 0.25) is 0 Å². The molecule has 4 aromatic carbocycles. The predicted molar refractivity (Wildman–Crippen MR) is 149 cm³/mol. The van der Waals surface area contributed by atoms with Gasteiger partial charge in [-0.3, -0.25) is 0 Å². The topological polar surface area (TPSA) is 0 Å². The number of hydrogen-bond donors (Lipinski definition) is 0. The second-order valence-electron chi connectivity index (χ2n) is 9.02. The van der Waals surface area contributed by atoms with Crippen molar-refractivity contribution in [2.45, 2.75) is 39.0 Å². The summed E-state index contributed by atoms with van der Waals surface area (Å²) in [5.74, 6) is 0.524. The summed E-state index contributed by atoms with van der Waals surface area (Å²) in [6.45, 7) is 4.37. The van der Waals surface area contributed by atoms with E-state index < -0.39 is 0 Å². The highest BCUT2D eigenvalue weighted by Crippen LogP contribution is 2.23. The molecule has 4 rings (SSSR count). The quantitative estimate of drug-likeness (QED) is 0.179. The maximum Gasteiger partial charge on any atom is -0.0150 e. The number of allylic oxidation sites excluding steroid dienone is 2. The summed E-state index contributed by atoms with van der Waals surface area (Å²) in [7, 11) is 0. The van der Waals surface area contributed by atoms with Gasteiger partial charge in [-0.2, -0.15) is 0 Å². The zero-order valence-corrected chi connectivity index (χ0v) is 20.3. The van der Waals surface area contributed by atoms with Crippen molar-refractivity contribution in [3.05, 3.63) is 143 Å². The molecule has 0 spiro atoms. The Morgan fingerprint density at radius 1 is 0.618 bits per heavy atom. The molecule has 0 aromatic heterocycles. The fraction of sp³-hybridized carbons (Fsp3) is 0.176. The minimum absolute atomic E-state index is 0.524. The summed E-state index contributed by atoms with van der Waals surface area (Å²) in [6.07, 6.45) is 12.0. The fourth-order valence-electron chi connectivity index (χ4n) is 4.28. The lowest BCUT2D eigenvalue weighted by molar-refractivity contribution is 0.759. The molecule has 0 saturated carbocycles. The highest BCUT2D eigenvalue weighted by molar-refractivity contribution is 5.72. The van der Waals surface area contributed by atoms with Gasteiger partial charge in [0.05, 0.1) is 0 Å². The van der Waals surface area contributed by atoms with Crippen molar-refractivity contribution in [3.8, 4) is 11.1 Å². The number of rotatable bonds is 9. The summed E-state index contributed by atoms with van der Waals surface area (Å²) >= 11 is 0. The first-order valence-corrected chi connectivity index (χ1v) is 12.3. The molecule has 4 aromatic rings. The van der Waals surface area contributed by atoms with E-state index >= 15 is 0 Å². The van der Waals surface area contributed by atoms with Crippen LogP contribution in [0.1, 0.15) is 54.0 Å². The largest absolute Gasteiger partial charge is 0.0917 e. The molecule has 170 valence electrons. The molecule has 0 radical (unpaired) electrons. The van der Waals surface area contributed by atoms with E-state index in [2.05, 4.69) is 141 Å². The van der Waals surface area contributed by atoms with Crippen LogP contribution in [0.2, 0.25) is 0 Å². The third-order valence-electron chi connectivity index (χ3n) is 6.39. The van der Waals surface area contributed by atoms with Gasteiger partial charge < -0.3 is 0 Å². The third-order valence-corrected chi connectivity index (χ3v) is 6.39. The first kappa shape index (κ1) is 23.5. The third kappa shape index (κ3) is 6.68. The van der Waals surface area contributed by atoms with Gasteiger partial charge in [-0.25, -0.2) is 0 Å². The number of aryl methyl sites for hydroxylation is 1. The van der Waals surface area contributed by atoms with Crippen LogP contribution in [0.25, 0.3) is 23.3 Å². The Bertz CT molecular complexity index is 1190. The monoisotopic (exact) mass is 442 g/mol. The van der Waals surface area contributed by atoms with Gasteiger partial charge in [0.25, 0.3) is 0 Å². The van der Waals surface area contributed by atoms with Crippen LogP contribution < -0.4 is 0 Å². The molecular weight excluding hydrogens is 408 g/mol. The van der Waals surface area contributed by atoms with Gasteiger partial charge in [-0.15, -0.1) is 0 Å². The highest BCUT2D eigenvalue weighted by atomic mass is 14.1. The van der Waals surface area contributed by atoms with E-state index in [-0.39, 0.29) is 0 Å². The van der Waals surface area contributed by atoms with Gasteiger partial charge >= 0.3 is 0 Å². The maximum atomic E-state index is 2.30. The average molecular weight is 443 g/mol. The van der Waals surface area contributed by atoms with Crippen LogP contribution in [0.5, 0.6) is 0 Å². The first-order chi connectivity index (χ1) is 16.7. The fourth-order valence-corrected chi connectivity index (χ4v) is 4.28. The molecule has 0 aliphatic carbocycles. The number of hydrogen-bond acceptors (Lipinski definition) is 0. The summed E-state index contributed by atoms with van der Waals surface area (Å²) in [4.78, 5) is 0. The molecule has 0 N–H and O–H groups in total. The average Bonchev–Trinajstić information content (AvgIpc) is 2.90. The highest BCUT2D eigenvalue weighted by Gasteiger charge is 2.06. The van der Waals surface area contributed by atoms with Crippen LogP contribution in [-0.2, 0) is 12.8 Å². The van der Waals surface area contributed by atoms with E-state index in [0.29, 0.717) is 5.92 Å². The van der Waals surface area contributed by atoms with E-state index in [1.807, 2.05) is 0 Å². The van der Waals surface area contributed by atoms with Crippen molar-refractivity contribution < 1.29 is 0 Å². The van der Waals surface area contributed by atoms with Crippen molar-refractivity contribution in [3.63, 3.8) is 0 Å². The lowest BCUT2D eigenvalue weighted by atomic mass is 9.93. The van der Waals surface area contributed by atoms with Crippen molar-refractivity contribution in [2.75, 3.05) is 0 Å². The molecule has 0 aliphatic heterocycles. The SMILES string of the molecule is CC=CCCc1ccc(-c2ccc(C=Cc3ccc(C[C@H](C)c4ccccc4)cc3)cc2)cc1. The van der Waals surface area contributed by atoms with Crippen LogP contribution in [0, 0.1) is 0 Å². The van der Waals surface area contributed by atoms with Crippen molar-refractivity contribution in [1.82, 2.24) is 0 Å². The van der Waals surface area contributed by atoms with E-state index in [4.69, 9.17) is 0 Å². The van der Waals surface area contributed by atoms with Crippen LogP contribution >= 0.6 is 0 Å². The molecule has 0 fully saturated rings. The molecular formula is C34H34. The van der Waals surface area contributed by atoms with Gasteiger partial charge in [0.1, 0.15) is 0 Å². The van der Waals surface area contributed by atoms with E-state index in [9.17, 15) is 0 Å². The summed E-state index contributed by atoms with van der Waals surface area (Å²) in [6, 6.07) is 37.5. The molecule has 0 unspecified atom stereocenters. The van der Waals surface area contributed by atoms with Crippen molar-refractivity contribution >= 4 is 12.2 Å². The first-order valence-electron chi connectivity index (χ1n) is 12.3. The molecule has 0 aliphatic rings. The second kappa shape index (κ2) is 12.0. The molecule has 0 amide bonds. The Balaban J connectivity index is 1.34. The van der Waals surface area contributed by atoms with Crippen molar-refractivity contribution in [2.24, 2.45) is 0 Å². The second-order valence-corrected chi connectivity index (χ2v) is 9.02. The molecule has 1 atom stereocenters. The Kier molecular flexibility index (Phi) is 8.30. The Morgan fingerprint density at radius 3 is 1.74 bits per heavy atom. The maximum absolute atomic E-state index is 2.30. The smallest absolute Gasteiger partial charge is 0.0150 e. The molecule has 0 bridgehead atoms. The van der Waals surface area contributed by atoms with E-state index in [0.717, 1.165) is 19.3 Å². The standard InChI is InChI=1S/C34H34/c1-3-4-6-9-28-18-22-33(23-19-28)34-24-20-30(21-25-34)13-12-29-14-16-31(17-15-29)26-27(2)32-10-7-5-8-11-32/h3-5,7-8,10-25,27H,6,9,26H2,1-2H3/t27-/m0/s1. The van der Waals surface area contributed by atoms with Crippen LogP contribution in [-0.4, -0.2) is 0 Å². The van der Waals surface area contributed by atoms with Gasteiger partial charge in [0.15, 0.2) is 0 Å². The minimum atomic E-state index is 0.524. The van der Waals surface area contributed by atoms with Gasteiger partial charge in [0, 0.05) is 0 Å². The molecule has 0 nitrogen and oxygen atoms in total. The Hall–Kier alpha value is -3.64. The number of benzene rings is 4. The lowest BCUT2D eigenvalue weighted by Crippen LogP contribution is -1.98. The molecule has 0 heterocycles. The molecule has 34 heavy (non-hydrogen) atoms. The lowest BCUT2D eigenvalue weighted by Gasteiger charge is -2.12. The summed E-state index contributed by atoms with van der Waals surface area (Å²) in [5.41, 5.74) is 9.14. The van der Waals surface area contributed by atoms with E-state index in [1.165, 1.54) is 38.9 Å². The van der Waals surface area contributed by atoms with Crippen molar-refractivity contribution in [1.29, 1.82) is 0 Å². The summed E-state index contributed by atoms with van der Waals surface area (Å²) < 4.78 is 0.